The molecule has 1 heterocycles. The second-order valence-corrected chi connectivity index (χ2v) is 6.01. The van der Waals surface area contributed by atoms with Gasteiger partial charge in [-0.25, -0.2) is 0 Å². The maximum atomic E-state index is 10.9. The van der Waals surface area contributed by atoms with Crippen molar-refractivity contribution in [1.82, 2.24) is 4.98 Å². The quantitative estimate of drug-likeness (QED) is 0.561. The van der Waals surface area contributed by atoms with E-state index in [1.807, 2.05) is 6.92 Å². The summed E-state index contributed by atoms with van der Waals surface area (Å²) in [6.45, 7) is 1.97. The van der Waals surface area contributed by atoms with Crippen LogP contribution in [-0.2, 0) is 17.6 Å². The highest BCUT2D eigenvalue weighted by Crippen LogP contribution is 2.41. The van der Waals surface area contributed by atoms with Crippen molar-refractivity contribution in [2.24, 2.45) is 5.92 Å². The Balaban J connectivity index is 1.88. The molecular formula is C19H17NO. The smallest absolute Gasteiger partial charge is 0.123 e. The molecule has 0 saturated carbocycles. The Labute approximate surface area is 123 Å². The van der Waals surface area contributed by atoms with Crippen molar-refractivity contribution in [2.45, 2.75) is 19.8 Å². The molecule has 2 aromatic carbocycles. The van der Waals surface area contributed by atoms with Crippen molar-refractivity contribution in [3.8, 4) is 11.1 Å². The summed E-state index contributed by atoms with van der Waals surface area (Å²) in [4.78, 5) is 14.4. The summed E-state index contributed by atoms with van der Waals surface area (Å²) < 4.78 is 0. The topological polar surface area (TPSA) is 32.9 Å². The zero-order valence-corrected chi connectivity index (χ0v) is 12.0. The van der Waals surface area contributed by atoms with Crippen LogP contribution in [0.2, 0.25) is 0 Å². The molecule has 0 saturated heterocycles. The van der Waals surface area contributed by atoms with Gasteiger partial charge in [0.2, 0.25) is 0 Å². The third-order valence-corrected chi connectivity index (χ3v) is 4.38. The Bertz CT molecular complexity index is 844. The summed E-state index contributed by atoms with van der Waals surface area (Å²) in [5.74, 6) is 0.0710. The number of hydrogen-bond acceptors (Lipinski definition) is 1. The zero-order valence-electron chi connectivity index (χ0n) is 12.0. The molecule has 3 aromatic rings. The molecule has 2 nitrogen and oxygen atoms in total. The first-order valence-electron chi connectivity index (χ1n) is 7.43. The van der Waals surface area contributed by atoms with E-state index in [9.17, 15) is 4.79 Å². The normalized spacial score (nSPS) is 14.0. The van der Waals surface area contributed by atoms with Crippen molar-refractivity contribution in [3.63, 3.8) is 0 Å². The van der Waals surface area contributed by atoms with Crippen molar-refractivity contribution < 1.29 is 4.79 Å². The maximum absolute atomic E-state index is 10.9. The molecule has 21 heavy (non-hydrogen) atoms. The summed E-state index contributed by atoms with van der Waals surface area (Å²) in [6.07, 6.45) is 2.82. The predicted molar refractivity (Wildman–Crippen MR) is 85.5 cm³/mol. The second kappa shape index (κ2) is 4.59. The number of aromatic amines is 1. The molecule has 0 fully saturated rings. The molecule has 1 aromatic heterocycles. The minimum Gasteiger partial charge on any atom is -0.358 e. The number of fused-ring (bicyclic) bond motifs is 5. The highest BCUT2D eigenvalue weighted by Gasteiger charge is 2.22. The number of benzene rings is 2. The predicted octanol–water partition coefficient (Wildman–Crippen LogP) is 4.12. The Morgan fingerprint density at radius 1 is 1.24 bits per heavy atom. The summed E-state index contributed by atoms with van der Waals surface area (Å²) in [5, 5.41) is 1.28. The molecule has 4 rings (SSSR count). The van der Waals surface area contributed by atoms with Gasteiger partial charge in [-0.1, -0.05) is 37.3 Å². The van der Waals surface area contributed by atoms with E-state index in [4.69, 9.17) is 0 Å². The number of carbonyl (C=O) groups is 1. The van der Waals surface area contributed by atoms with Gasteiger partial charge in [-0.15, -0.1) is 0 Å². The molecule has 0 amide bonds. The zero-order chi connectivity index (χ0) is 14.4. The minimum absolute atomic E-state index is 0.0710. The van der Waals surface area contributed by atoms with Gasteiger partial charge in [-0.2, -0.15) is 0 Å². The molecule has 0 radical (unpaired) electrons. The van der Waals surface area contributed by atoms with Crippen LogP contribution in [0.3, 0.4) is 0 Å². The first kappa shape index (κ1) is 12.4. The monoisotopic (exact) mass is 275 g/mol. The van der Waals surface area contributed by atoms with Gasteiger partial charge in [0, 0.05) is 34.5 Å². The molecule has 0 spiro atoms. The lowest BCUT2D eigenvalue weighted by Crippen LogP contribution is -2.00. The van der Waals surface area contributed by atoms with Gasteiger partial charge in [0.1, 0.15) is 6.29 Å². The molecule has 1 aliphatic rings. The summed E-state index contributed by atoms with van der Waals surface area (Å²) in [5.41, 5.74) is 7.82. The standard InChI is InChI=1S/C19H17NO/c1-12(11-21)8-13-6-7-17-16(9-13)19-15-5-3-2-4-14(15)10-18(19)20-17/h2-7,9,11-12,20H,8,10H2,1H3. The van der Waals surface area contributed by atoms with Gasteiger partial charge in [-0.3, -0.25) is 0 Å². The van der Waals surface area contributed by atoms with Crippen molar-refractivity contribution in [1.29, 1.82) is 0 Å². The van der Waals surface area contributed by atoms with Gasteiger partial charge in [0.05, 0.1) is 0 Å². The Hall–Kier alpha value is -2.35. The van der Waals surface area contributed by atoms with Crippen LogP contribution in [0.4, 0.5) is 0 Å². The van der Waals surface area contributed by atoms with Crippen LogP contribution in [0.1, 0.15) is 23.7 Å². The highest BCUT2D eigenvalue weighted by atomic mass is 16.1. The van der Waals surface area contributed by atoms with Crippen LogP contribution in [-0.4, -0.2) is 11.3 Å². The number of rotatable bonds is 3. The fourth-order valence-electron chi connectivity index (χ4n) is 3.39. The van der Waals surface area contributed by atoms with E-state index in [0.29, 0.717) is 0 Å². The molecular weight excluding hydrogens is 258 g/mol. The SMILES string of the molecule is CC(C=O)Cc1ccc2[nH]c3c(c2c1)-c1ccccc1C3. The molecule has 2 heteroatoms. The average Bonchev–Trinajstić information content (AvgIpc) is 3.02. The molecule has 0 aliphatic heterocycles. The number of hydrogen-bond donors (Lipinski definition) is 1. The van der Waals surface area contributed by atoms with Crippen LogP contribution in [0.15, 0.2) is 42.5 Å². The highest BCUT2D eigenvalue weighted by molar-refractivity contribution is 6.00. The summed E-state index contributed by atoms with van der Waals surface area (Å²) in [7, 11) is 0. The van der Waals surface area contributed by atoms with Gasteiger partial charge in [0.25, 0.3) is 0 Å². The molecule has 1 aliphatic carbocycles. The largest absolute Gasteiger partial charge is 0.358 e. The lowest BCUT2D eigenvalue weighted by atomic mass is 9.98. The van der Waals surface area contributed by atoms with Gasteiger partial charge in [0.15, 0.2) is 0 Å². The number of aldehydes is 1. The van der Waals surface area contributed by atoms with Crippen LogP contribution < -0.4 is 0 Å². The molecule has 1 N–H and O–H groups in total. The van der Waals surface area contributed by atoms with E-state index in [-0.39, 0.29) is 5.92 Å². The Morgan fingerprint density at radius 2 is 2.10 bits per heavy atom. The lowest BCUT2D eigenvalue weighted by molar-refractivity contribution is -0.110. The van der Waals surface area contributed by atoms with E-state index in [2.05, 4.69) is 47.4 Å². The number of carbonyl (C=O) groups excluding carboxylic acids is 1. The van der Waals surface area contributed by atoms with Crippen LogP contribution in [0, 0.1) is 5.92 Å². The van der Waals surface area contributed by atoms with Crippen LogP contribution in [0.5, 0.6) is 0 Å². The maximum Gasteiger partial charge on any atom is 0.123 e. The van der Waals surface area contributed by atoms with Crippen molar-refractivity contribution in [2.75, 3.05) is 0 Å². The van der Waals surface area contributed by atoms with E-state index < -0.39 is 0 Å². The fraction of sp³-hybridized carbons (Fsp3) is 0.211. The number of aromatic nitrogens is 1. The average molecular weight is 275 g/mol. The third kappa shape index (κ3) is 1.90. The Kier molecular flexibility index (Phi) is 2.71. The number of H-pyrrole nitrogens is 1. The second-order valence-electron chi connectivity index (χ2n) is 6.01. The number of nitrogens with one attached hydrogen (secondary N) is 1. The first-order chi connectivity index (χ1) is 10.3. The summed E-state index contributed by atoms with van der Waals surface area (Å²) in [6, 6.07) is 15.1. The molecule has 1 unspecified atom stereocenters. The third-order valence-electron chi connectivity index (χ3n) is 4.38. The van der Waals surface area contributed by atoms with Gasteiger partial charge < -0.3 is 9.78 Å². The van der Waals surface area contributed by atoms with Crippen molar-refractivity contribution >= 4 is 17.2 Å². The molecule has 0 bridgehead atoms. The van der Waals surface area contributed by atoms with E-state index in [0.717, 1.165) is 19.1 Å². The fourth-order valence-corrected chi connectivity index (χ4v) is 3.39. The lowest BCUT2D eigenvalue weighted by Gasteiger charge is -2.05. The van der Waals surface area contributed by atoms with E-state index in [1.54, 1.807) is 0 Å². The van der Waals surface area contributed by atoms with Gasteiger partial charge in [-0.05, 0) is 35.2 Å². The summed E-state index contributed by atoms with van der Waals surface area (Å²) >= 11 is 0. The Morgan fingerprint density at radius 3 is 2.95 bits per heavy atom. The van der Waals surface area contributed by atoms with Crippen LogP contribution >= 0.6 is 0 Å². The molecule has 1 atom stereocenters. The van der Waals surface area contributed by atoms with Crippen molar-refractivity contribution in [3.05, 3.63) is 59.3 Å². The minimum atomic E-state index is 0.0710. The molecule has 104 valence electrons. The van der Waals surface area contributed by atoms with E-state index >= 15 is 0 Å². The van der Waals surface area contributed by atoms with Gasteiger partial charge >= 0.3 is 0 Å². The van der Waals surface area contributed by atoms with E-state index in [1.165, 1.54) is 38.9 Å². The van der Waals surface area contributed by atoms with Crippen LogP contribution in [0.25, 0.3) is 22.0 Å². The first-order valence-corrected chi connectivity index (χ1v) is 7.43.